The molecule has 0 bridgehead atoms. The molecule has 0 radical (unpaired) electrons. The van der Waals surface area contributed by atoms with Crippen molar-refractivity contribution in [2.24, 2.45) is 0 Å². The molecule has 0 atom stereocenters. The summed E-state index contributed by atoms with van der Waals surface area (Å²) in [6, 6.07) is 6.21. The molecule has 1 aromatic carbocycles. The average Bonchev–Trinajstić information content (AvgIpc) is 2.35. The number of rotatable bonds is 3. The molecule has 0 aliphatic carbocycles. The monoisotopic (exact) mass is 249 g/mol. The summed E-state index contributed by atoms with van der Waals surface area (Å²) in [5.74, 6) is -1.43. The highest BCUT2D eigenvalue weighted by molar-refractivity contribution is 6.32. The van der Waals surface area contributed by atoms with Gasteiger partial charge in [-0.2, -0.15) is 0 Å². The van der Waals surface area contributed by atoms with E-state index in [1.165, 1.54) is 28.7 Å². The van der Waals surface area contributed by atoms with Crippen molar-refractivity contribution in [3.8, 4) is 0 Å². The fourth-order valence-electron chi connectivity index (χ4n) is 1.76. The van der Waals surface area contributed by atoms with Crippen molar-refractivity contribution in [2.45, 2.75) is 20.3 Å². The minimum atomic E-state index is -0.821. The largest absolute Gasteiger partial charge is 0.462 e. The summed E-state index contributed by atoms with van der Waals surface area (Å²) in [6.07, 6.45) is 0.728. The SMILES string of the molecule is COC(=O)C(=O)N(C)CCc1ccc(C)cc1C. The van der Waals surface area contributed by atoms with Crippen LogP contribution < -0.4 is 0 Å². The number of hydrogen-bond donors (Lipinski definition) is 0. The number of nitrogens with zero attached hydrogens (tertiary/aromatic N) is 1. The van der Waals surface area contributed by atoms with Crippen LogP contribution in [0.4, 0.5) is 0 Å². The van der Waals surface area contributed by atoms with Crippen LogP contribution in [0.3, 0.4) is 0 Å². The van der Waals surface area contributed by atoms with Crippen LogP contribution >= 0.6 is 0 Å². The number of methoxy groups -OCH3 is 1. The van der Waals surface area contributed by atoms with Crippen LogP contribution in [0.25, 0.3) is 0 Å². The molecule has 1 aromatic rings. The van der Waals surface area contributed by atoms with Gasteiger partial charge in [-0.25, -0.2) is 4.79 Å². The van der Waals surface area contributed by atoms with Crippen molar-refractivity contribution in [1.29, 1.82) is 0 Å². The highest BCUT2D eigenvalue weighted by Gasteiger charge is 2.18. The lowest BCUT2D eigenvalue weighted by Gasteiger charge is -2.16. The second-order valence-corrected chi connectivity index (χ2v) is 4.40. The van der Waals surface area contributed by atoms with Gasteiger partial charge in [-0.3, -0.25) is 4.79 Å². The fraction of sp³-hybridized carbons (Fsp3) is 0.429. The molecule has 4 nitrogen and oxygen atoms in total. The number of carbonyl (C=O) groups is 2. The molecule has 18 heavy (non-hydrogen) atoms. The number of benzene rings is 1. The lowest BCUT2D eigenvalue weighted by atomic mass is 10.0. The Labute approximate surface area is 108 Å². The Kier molecular flexibility index (Phi) is 4.89. The Hall–Kier alpha value is -1.84. The molecule has 0 heterocycles. The molecule has 98 valence electrons. The summed E-state index contributed by atoms with van der Waals surface area (Å²) < 4.78 is 4.39. The van der Waals surface area contributed by atoms with E-state index in [4.69, 9.17) is 0 Å². The second kappa shape index (κ2) is 6.19. The minimum Gasteiger partial charge on any atom is -0.462 e. The third-order valence-electron chi connectivity index (χ3n) is 2.92. The molecule has 4 heteroatoms. The van der Waals surface area contributed by atoms with E-state index in [0.29, 0.717) is 6.54 Å². The zero-order valence-electron chi connectivity index (χ0n) is 11.3. The molecular weight excluding hydrogens is 230 g/mol. The van der Waals surface area contributed by atoms with Crippen molar-refractivity contribution in [2.75, 3.05) is 20.7 Å². The Morgan fingerprint density at radius 2 is 1.94 bits per heavy atom. The Bertz CT molecular complexity index is 454. The van der Waals surface area contributed by atoms with E-state index in [2.05, 4.69) is 16.9 Å². The molecule has 0 aliphatic heterocycles. The van der Waals surface area contributed by atoms with Crippen LogP contribution in [0.15, 0.2) is 18.2 Å². The molecule has 0 unspecified atom stereocenters. The summed E-state index contributed by atoms with van der Waals surface area (Å²) in [5.41, 5.74) is 3.61. The second-order valence-electron chi connectivity index (χ2n) is 4.40. The van der Waals surface area contributed by atoms with Crippen molar-refractivity contribution >= 4 is 11.9 Å². The van der Waals surface area contributed by atoms with Crippen LogP contribution in [-0.2, 0) is 20.7 Å². The smallest absolute Gasteiger partial charge is 0.396 e. The van der Waals surface area contributed by atoms with Gasteiger partial charge >= 0.3 is 11.9 Å². The van der Waals surface area contributed by atoms with E-state index in [9.17, 15) is 9.59 Å². The van der Waals surface area contributed by atoms with E-state index in [-0.39, 0.29) is 0 Å². The van der Waals surface area contributed by atoms with Crippen molar-refractivity contribution in [3.05, 3.63) is 34.9 Å². The number of likely N-dealkylation sites (N-methyl/N-ethyl adjacent to an activating group) is 1. The van der Waals surface area contributed by atoms with Gasteiger partial charge in [-0.1, -0.05) is 23.8 Å². The van der Waals surface area contributed by atoms with Gasteiger partial charge in [0.1, 0.15) is 0 Å². The minimum absolute atomic E-state index is 0.498. The van der Waals surface area contributed by atoms with Crippen LogP contribution in [0.2, 0.25) is 0 Å². The van der Waals surface area contributed by atoms with Crippen LogP contribution in [0.1, 0.15) is 16.7 Å². The third kappa shape index (κ3) is 3.58. The van der Waals surface area contributed by atoms with Gasteiger partial charge in [0.25, 0.3) is 0 Å². The van der Waals surface area contributed by atoms with Crippen molar-refractivity contribution < 1.29 is 14.3 Å². The summed E-state index contributed by atoms with van der Waals surface area (Å²) in [6.45, 7) is 4.59. The molecular formula is C14H19NO3. The van der Waals surface area contributed by atoms with Gasteiger partial charge in [-0.15, -0.1) is 0 Å². The standard InChI is InChI=1S/C14H19NO3/c1-10-5-6-12(11(2)9-10)7-8-15(3)13(16)14(17)18-4/h5-6,9H,7-8H2,1-4H3. The van der Waals surface area contributed by atoms with E-state index in [0.717, 1.165) is 6.42 Å². The number of carbonyl (C=O) groups excluding carboxylic acids is 2. The van der Waals surface area contributed by atoms with Crippen molar-refractivity contribution in [3.63, 3.8) is 0 Å². The van der Waals surface area contributed by atoms with Gasteiger partial charge in [0, 0.05) is 13.6 Å². The number of amides is 1. The molecule has 0 saturated carbocycles. The highest BCUT2D eigenvalue weighted by Crippen LogP contribution is 2.11. The predicted molar refractivity (Wildman–Crippen MR) is 69.3 cm³/mol. The van der Waals surface area contributed by atoms with Crippen LogP contribution in [0, 0.1) is 13.8 Å². The van der Waals surface area contributed by atoms with Crippen molar-refractivity contribution in [1.82, 2.24) is 4.90 Å². The maximum absolute atomic E-state index is 11.5. The molecule has 0 N–H and O–H groups in total. The Morgan fingerprint density at radius 3 is 2.50 bits per heavy atom. The average molecular weight is 249 g/mol. The van der Waals surface area contributed by atoms with Crippen LogP contribution in [0.5, 0.6) is 0 Å². The normalized spacial score (nSPS) is 10.0. The molecule has 1 amide bonds. The first-order valence-electron chi connectivity index (χ1n) is 5.85. The van der Waals surface area contributed by atoms with Gasteiger partial charge in [0.2, 0.25) is 0 Å². The maximum atomic E-state index is 11.5. The van der Waals surface area contributed by atoms with E-state index < -0.39 is 11.9 Å². The molecule has 0 aromatic heterocycles. The molecule has 0 spiro atoms. The van der Waals surface area contributed by atoms with Gasteiger partial charge < -0.3 is 9.64 Å². The lowest BCUT2D eigenvalue weighted by molar-refractivity contribution is -0.157. The summed E-state index contributed by atoms with van der Waals surface area (Å²) >= 11 is 0. The summed E-state index contributed by atoms with van der Waals surface area (Å²) in [4.78, 5) is 23.9. The van der Waals surface area contributed by atoms with Gasteiger partial charge in [0.15, 0.2) is 0 Å². The van der Waals surface area contributed by atoms with E-state index in [1.54, 1.807) is 7.05 Å². The topological polar surface area (TPSA) is 46.6 Å². The lowest BCUT2D eigenvalue weighted by Crippen LogP contribution is -2.35. The van der Waals surface area contributed by atoms with Crippen LogP contribution in [-0.4, -0.2) is 37.5 Å². The van der Waals surface area contributed by atoms with Gasteiger partial charge in [-0.05, 0) is 31.4 Å². The summed E-state index contributed by atoms with van der Waals surface area (Å²) in [7, 11) is 2.81. The van der Waals surface area contributed by atoms with E-state index >= 15 is 0 Å². The zero-order chi connectivity index (χ0) is 13.7. The predicted octanol–water partition coefficient (Wildman–Crippen LogP) is 1.48. The number of esters is 1. The zero-order valence-corrected chi connectivity index (χ0v) is 11.3. The molecule has 0 saturated heterocycles. The quantitative estimate of drug-likeness (QED) is 0.602. The fourth-order valence-corrected chi connectivity index (χ4v) is 1.76. The number of hydrogen-bond acceptors (Lipinski definition) is 3. The first kappa shape index (κ1) is 14.2. The first-order valence-corrected chi connectivity index (χ1v) is 5.85. The molecule has 0 aliphatic rings. The molecule has 0 fully saturated rings. The maximum Gasteiger partial charge on any atom is 0.396 e. The number of aryl methyl sites for hydroxylation is 2. The highest BCUT2D eigenvalue weighted by atomic mass is 16.5. The molecule has 1 rings (SSSR count). The number of ether oxygens (including phenoxy) is 1. The third-order valence-corrected chi connectivity index (χ3v) is 2.92. The first-order chi connectivity index (χ1) is 8.45. The van der Waals surface area contributed by atoms with E-state index in [1.807, 2.05) is 19.9 Å². The van der Waals surface area contributed by atoms with Gasteiger partial charge in [0.05, 0.1) is 7.11 Å². The summed E-state index contributed by atoms with van der Waals surface area (Å²) in [5, 5.41) is 0. The Morgan fingerprint density at radius 1 is 1.28 bits per heavy atom. The Balaban J connectivity index is 2.60.